The van der Waals surface area contributed by atoms with Gasteiger partial charge in [-0.1, -0.05) is 251 Å². The Morgan fingerprint density at radius 2 is 0.844 bits per heavy atom. The van der Waals surface area contributed by atoms with Crippen molar-refractivity contribution in [2.75, 3.05) is 40.9 Å². The van der Waals surface area contributed by atoms with Gasteiger partial charge < -0.3 is 19.8 Å². The number of phosphoric acid groups is 1. The lowest BCUT2D eigenvalue weighted by Gasteiger charge is -2.26. The van der Waals surface area contributed by atoms with Gasteiger partial charge in [-0.05, 0) is 38.5 Å². The van der Waals surface area contributed by atoms with Gasteiger partial charge in [0.25, 0.3) is 0 Å². The number of rotatable bonds is 52. The normalized spacial score (nSPS) is 14.0. The number of quaternary nitrogens is 1. The van der Waals surface area contributed by atoms with E-state index in [4.69, 9.17) is 9.05 Å². The first-order valence-corrected chi connectivity index (χ1v) is 29.5. The third kappa shape index (κ3) is 49.2. The maximum absolute atomic E-state index is 13.0. The fourth-order valence-electron chi connectivity index (χ4n) is 8.57. The Morgan fingerprint density at radius 1 is 0.516 bits per heavy atom. The van der Waals surface area contributed by atoms with E-state index in [0.29, 0.717) is 23.9 Å². The Kier molecular flexibility index (Phi) is 46.8. The molecule has 0 heterocycles. The summed E-state index contributed by atoms with van der Waals surface area (Å²) in [5.74, 6) is -0.140. The van der Waals surface area contributed by atoms with Crippen molar-refractivity contribution in [2.24, 2.45) is 0 Å². The second-order valence-electron chi connectivity index (χ2n) is 20.7. The van der Waals surface area contributed by atoms with Crippen LogP contribution in [0.1, 0.15) is 284 Å². The number of carbonyl (C=O) groups is 1. The Bertz CT molecular complexity index is 1050. The number of carbonyl (C=O) groups excluding carboxylic acids is 1. The van der Waals surface area contributed by atoms with E-state index in [1.165, 1.54) is 218 Å². The number of hydrogen-bond acceptors (Lipinski definition) is 5. The number of aliphatic hydroxyl groups is 1. The minimum absolute atomic E-state index is 0.0771. The standard InChI is InChI=1S/C55H111N2O6P/c1-6-8-10-12-14-16-18-20-22-24-26-27-28-29-31-33-35-37-39-41-43-45-47-49-55(59)56-53(52-63-64(60,61)62-51-50-57(3,4)5)54(58)48-46-44-42-40-38-36-34-32-30-25-23-21-19-17-15-13-11-9-7-2/h24,26,53-54,58H,6-23,25,27-52H2,1-5H3,(H-,56,59,60,61)/p+1/b26-24-. The zero-order valence-corrected chi connectivity index (χ0v) is 44.4. The summed E-state index contributed by atoms with van der Waals surface area (Å²) < 4.78 is 23.8. The van der Waals surface area contributed by atoms with Gasteiger partial charge in [0.1, 0.15) is 13.2 Å². The minimum Gasteiger partial charge on any atom is -0.391 e. The molecular formula is C55H112N2O6P+. The highest BCUT2D eigenvalue weighted by atomic mass is 31.2. The lowest BCUT2D eigenvalue weighted by molar-refractivity contribution is -0.870. The van der Waals surface area contributed by atoms with Gasteiger partial charge in [-0.25, -0.2) is 4.57 Å². The number of nitrogens with one attached hydrogen (secondary N) is 1. The molecule has 0 aliphatic carbocycles. The van der Waals surface area contributed by atoms with Crippen molar-refractivity contribution in [1.29, 1.82) is 0 Å². The van der Waals surface area contributed by atoms with E-state index in [9.17, 15) is 19.4 Å². The number of nitrogens with zero attached hydrogens (tertiary/aromatic N) is 1. The van der Waals surface area contributed by atoms with Gasteiger partial charge in [0.15, 0.2) is 0 Å². The van der Waals surface area contributed by atoms with Crippen LogP contribution in [0.5, 0.6) is 0 Å². The third-order valence-corrected chi connectivity index (χ3v) is 14.0. The van der Waals surface area contributed by atoms with Crippen LogP contribution in [0.4, 0.5) is 0 Å². The zero-order chi connectivity index (χ0) is 47.1. The Hall–Kier alpha value is -0.760. The number of unbranched alkanes of at least 4 members (excludes halogenated alkanes) is 37. The van der Waals surface area contributed by atoms with E-state index in [1.807, 2.05) is 21.1 Å². The predicted molar refractivity (Wildman–Crippen MR) is 277 cm³/mol. The topological polar surface area (TPSA) is 105 Å². The van der Waals surface area contributed by atoms with Crippen molar-refractivity contribution in [2.45, 2.75) is 296 Å². The summed E-state index contributed by atoms with van der Waals surface area (Å²) in [6.07, 6.45) is 56.8. The first-order chi connectivity index (χ1) is 31.0. The first kappa shape index (κ1) is 63.2. The molecule has 0 bridgehead atoms. The summed E-state index contributed by atoms with van der Waals surface area (Å²) >= 11 is 0. The Balaban J connectivity index is 4.17. The molecule has 0 saturated carbocycles. The number of amides is 1. The average Bonchev–Trinajstić information content (AvgIpc) is 3.25. The molecule has 9 heteroatoms. The molecule has 382 valence electrons. The van der Waals surface area contributed by atoms with Crippen molar-refractivity contribution in [3.8, 4) is 0 Å². The van der Waals surface area contributed by atoms with Crippen molar-refractivity contribution in [3.63, 3.8) is 0 Å². The lowest BCUT2D eigenvalue weighted by Crippen LogP contribution is -2.46. The van der Waals surface area contributed by atoms with Crippen LogP contribution >= 0.6 is 7.82 Å². The molecule has 0 aromatic carbocycles. The molecule has 0 aromatic heterocycles. The van der Waals surface area contributed by atoms with Crippen molar-refractivity contribution < 1.29 is 32.9 Å². The number of likely N-dealkylation sites (N-methyl/N-ethyl adjacent to an activating group) is 1. The van der Waals surface area contributed by atoms with E-state index in [1.54, 1.807) is 0 Å². The molecule has 0 aliphatic heterocycles. The summed E-state index contributed by atoms with van der Waals surface area (Å²) in [5, 5.41) is 14.1. The maximum atomic E-state index is 13.0. The van der Waals surface area contributed by atoms with E-state index < -0.39 is 20.0 Å². The van der Waals surface area contributed by atoms with E-state index in [-0.39, 0.29) is 19.1 Å². The van der Waals surface area contributed by atoms with Crippen LogP contribution < -0.4 is 5.32 Å². The van der Waals surface area contributed by atoms with Gasteiger partial charge in [0, 0.05) is 6.42 Å². The Labute approximate surface area is 399 Å². The van der Waals surface area contributed by atoms with Crippen LogP contribution in [0.15, 0.2) is 12.2 Å². The molecule has 3 atom stereocenters. The summed E-state index contributed by atoms with van der Waals surface area (Å²) in [4.78, 5) is 23.3. The Morgan fingerprint density at radius 3 is 1.20 bits per heavy atom. The maximum Gasteiger partial charge on any atom is 0.472 e. The van der Waals surface area contributed by atoms with Crippen LogP contribution in [0.2, 0.25) is 0 Å². The van der Waals surface area contributed by atoms with Gasteiger partial charge in [-0.3, -0.25) is 13.8 Å². The minimum atomic E-state index is -4.32. The molecule has 3 unspecified atom stereocenters. The van der Waals surface area contributed by atoms with E-state index in [2.05, 4.69) is 31.3 Å². The molecule has 8 nitrogen and oxygen atoms in total. The monoisotopic (exact) mass is 928 g/mol. The van der Waals surface area contributed by atoms with Crippen molar-refractivity contribution >= 4 is 13.7 Å². The van der Waals surface area contributed by atoms with Crippen LogP contribution in [0.25, 0.3) is 0 Å². The summed E-state index contributed by atoms with van der Waals surface area (Å²) in [6, 6.07) is -0.758. The van der Waals surface area contributed by atoms with Gasteiger partial charge >= 0.3 is 7.82 Å². The highest BCUT2D eigenvalue weighted by Gasteiger charge is 2.28. The van der Waals surface area contributed by atoms with Gasteiger partial charge in [-0.2, -0.15) is 0 Å². The largest absolute Gasteiger partial charge is 0.472 e. The molecule has 0 aliphatic rings. The van der Waals surface area contributed by atoms with Crippen LogP contribution in [0.3, 0.4) is 0 Å². The molecule has 0 rings (SSSR count). The van der Waals surface area contributed by atoms with E-state index in [0.717, 1.165) is 38.5 Å². The fourth-order valence-corrected chi connectivity index (χ4v) is 9.31. The van der Waals surface area contributed by atoms with Crippen molar-refractivity contribution in [3.05, 3.63) is 12.2 Å². The SMILES string of the molecule is CCCCCCCCCC/C=C\CCCCCCCCCCCCCC(=O)NC(COP(=O)(O)OCC[N+](C)(C)C)C(O)CCCCCCCCCCCCCCCCCCCCC. The summed E-state index contributed by atoms with van der Waals surface area (Å²) in [7, 11) is 1.63. The van der Waals surface area contributed by atoms with Crippen LogP contribution in [-0.4, -0.2) is 73.4 Å². The fraction of sp³-hybridized carbons (Fsp3) is 0.945. The highest BCUT2D eigenvalue weighted by Crippen LogP contribution is 2.43. The summed E-state index contributed by atoms with van der Waals surface area (Å²) in [5.41, 5.74) is 0. The molecule has 0 aromatic rings. The number of aliphatic hydroxyl groups excluding tert-OH is 1. The molecule has 0 radical (unpaired) electrons. The quantitative estimate of drug-likeness (QED) is 0.0243. The van der Waals surface area contributed by atoms with Crippen LogP contribution in [-0.2, 0) is 18.4 Å². The van der Waals surface area contributed by atoms with E-state index >= 15 is 0 Å². The average molecular weight is 928 g/mol. The number of hydrogen-bond donors (Lipinski definition) is 3. The number of allylic oxidation sites excluding steroid dienone is 2. The van der Waals surface area contributed by atoms with Gasteiger partial charge in [-0.15, -0.1) is 0 Å². The van der Waals surface area contributed by atoms with Gasteiger partial charge in [0.2, 0.25) is 5.91 Å². The molecule has 1 amide bonds. The molecule has 64 heavy (non-hydrogen) atoms. The smallest absolute Gasteiger partial charge is 0.391 e. The second kappa shape index (κ2) is 47.3. The highest BCUT2D eigenvalue weighted by molar-refractivity contribution is 7.47. The molecule has 0 spiro atoms. The molecular weight excluding hydrogens is 816 g/mol. The first-order valence-electron chi connectivity index (χ1n) is 28.1. The summed E-state index contributed by atoms with van der Waals surface area (Å²) in [6.45, 7) is 4.93. The third-order valence-electron chi connectivity index (χ3n) is 13.0. The lowest BCUT2D eigenvalue weighted by atomic mass is 10.0. The number of phosphoric ester groups is 1. The molecule has 0 saturated heterocycles. The predicted octanol–water partition coefficient (Wildman–Crippen LogP) is 16.7. The van der Waals surface area contributed by atoms with Crippen LogP contribution in [0, 0.1) is 0 Å². The molecule has 0 fully saturated rings. The van der Waals surface area contributed by atoms with Crippen molar-refractivity contribution in [1.82, 2.24) is 5.32 Å². The zero-order valence-electron chi connectivity index (χ0n) is 43.6. The van der Waals surface area contributed by atoms with Gasteiger partial charge in [0.05, 0.1) is 39.9 Å². The molecule has 3 N–H and O–H groups in total. The second-order valence-corrected chi connectivity index (χ2v) is 22.1.